The molecule has 2 aromatic carbocycles. The lowest BCUT2D eigenvalue weighted by Crippen LogP contribution is -2.03. The van der Waals surface area contributed by atoms with E-state index in [1.807, 2.05) is 6.92 Å². The van der Waals surface area contributed by atoms with Crippen molar-refractivity contribution < 1.29 is 8.60 Å². The molecule has 108 valence electrons. The number of fused-ring (bicyclic) bond motifs is 1. The highest BCUT2D eigenvalue weighted by Gasteiger charge is 2.15. The number of hydrogen-bond donors (Lipinski definition) is 3. The van der Waals surface area contributed by atoms with Gasteiger partial charge in [0.2, 0.25) is 0 Å². The van der Waals surface area contributed by atoms with E-state index < -0.39 is 16.8 Å². The molecule has 0 aliphatic carbocycles. The number of benzene rings is 2. The SMILES string of the molecule is Cc1cc(S(N)=O)ccc1-c1ccc2[nH]nc(N)c2c1F. The molecule has 0 aliphatic heterocycles. The van der Waals surface area contributed by atoms with Gasteiger partial charge >= 0.3 is 0 Å². The number of anilines is 1. The largest absolute Gasteiger partial charge is 0.382 e. The van der Waals surface area contributed by atoms with Crippen molar-refractivity contribution in [1.29, 1.82) is 0 Å². The number of H-pyrrole nitrogens is 1. The second-order valence-electron chi connectivity index (χ2n) is 4.73. The van der Waals surface area contributed by atoms with E-state index in [-0.39, 0.29) is 11.2 Å². The van der Waals surface area contributed by atoms with Crippen molar-refractivity contribution >= 4 is 27.7 Å². The molecule has 0 amide bonds. The zero-order chi connectivity index (χ0) is 15.1. The Morgan fingerprint density at radius 2 is 1.95 bits per heavy atom. The molecular formula is C14H13FN4OS. The Morgan fingerprint density at radius 1 is 1.24 bits per heavy atom. The normalized spacial score (nSPS) is 12.7. The molecule has 3 aromatic rings. The zero-order valence-corrected chi connectivity index (χ0v) is 12.0. The van der Waals surface area contributed by atoms with Crippen LogP contribution in [0.4, 0.5) is 10.2 Å². The highest BCUT2D eigenvalue weighted by Crippen LogP contribution is 2.32. The van der Waals surface area contributed by atoms with Gasteiger partial charge in [-0.15, -0.1) is 0 Å². The number of rotatable bonds is 2. The summed E-state index contributed by atoms with van der Waals surface area (Å²) in [5.41, 5.74) is 8.14. The fraction of sp³-hybridized carbons (Fsp3) is 0.0714. The number of hydrogen-bond acceptors (Lipinski definition) is 3. The Hall–Kier alpha value is -2.25. The Balaban J connectivity index is 2.23. The first-order valence-electron chi connectivity index (χ1n) is 6.18. The molecular weight excluding hydrogens is 291 g/mol. The van der Waals surface area contributed by atoms with Gasteiger partial charge < -0.3 is 5.73 Å². The maximum Gasteiger partial charge on any atom is 0.156 e. The van der Waals surface area contributed by atoms with Crippen LogP contribution in [0.5, 0.6) is 0 Å². The first kappa shape index (κ1) is 13.7. The molecule has 3 rings (SSSR count). The van der Waals surface area contributed by atoms with Gasteiger partial charge in [0.05, 0.1) is 15.8 Å². The van der Waals surface area contributed by atoms with E-state index in [9.17, 15) is 8.60 Å². The van der Waals surface area contributed by atoms with Crippen LogP contribution in [-0.2, 0) is 11.0 Å². The summed E-state index contributed by atoms with van der Waals surface area (Å²) in [6.07, 6.45) is 0. The first-order chi connectivity index (χ1) is 9.99. The van der Waals surface area contributed by atoms with E-state index in [0.717, 1.165) is 5.56 Å². The Labute approximate surface area is 122 Å². The molecule has 7 heteroatoms. The number of nitrogen functional groups attached to an aromatic ring is 1. The summed E-state index contributed by atoms with van der Waals surface area (Å²) in [7, 11) is -1.56. The summed E-state index contributed by atoms with van der Waals surface area (Å²) in [6, 6.07) is 8.41. The lowest BCUT2D eigenvalue weighted by molar-refractivity contribution is 0.643. The molecule has 21 heavy (non-hydrogen) atoms. The van der Waals surface area contributed by atoms with Gasteiger partial charge in [-0.25, -0.2) is 13.7 Å². The minimum Gasteiger partial charge on any atom is -0.382 e. The van der Waals surface area contributed by atoms with Gasteiger partial charge in [-0.2, -0.15) is 5.10 Å². The Morgan fingerprint density at radius 3 is 2.62 bits per heavy atom. The fourth-order valence-electron chi connectivity index (χ4n) is 2.37. The molecule has 1 aromatic heterocycles. The highest BCUT2D eigenvalue weighted by molar-refractivity contribution is 7.82. The highest BCUT2D eigenvalue weighted by atomic mass is 32.2. The smallest absolute Gasteiger partial charge is 0.156 e. The summed E-state index contributed by atoms with van der Waals surface area (Å²) in [4.78, 5) is 0.501. The molecule has 0 bridgehead atoms. The van der Waals surface area contributed by atoms with E-state index in [0.29, 0.717) is 21.5 Å². The van der Waals surface area contributed by atoms with Crippen LogP contribution in [-0.4, -0.2) is 14.4 Å². The summed E-state index contributed by atoms with van der Waals surface area (Å²) in [6.45, 7) is 1.81. The van der Waals surface area contributed by atoms with Crippen LogP contribution >= 0.6 is 0 Å². The second kappa shape index (κ2) is 4.94. The molecule has 5 nitrogen and oxygen atoms in total. The van der Waals surface area contributed by atoms with Crippen LogP contribution in [0.15, 0.2) is 35.2 Å². The predicted octanol–water partition coefficient (Wildman–Crippen LogP) is 2.24. The van der Waals surface area contributed by atoms with E-state index >= 15 is 0 Å². The van der Waals surface area contributed by atoms with Gasteiger partial charge in [0, 0.05) is 5.56 Å². The third kappa shape index (κ3) is 2.20. The number of aromatic nitrogens is 2. The average Bonchev–Trinajstić information content (AvgIpc) is 2.82. The molecule has 5 N–H and O–H groups in total. The van der Waals surface area contributed by atoms with Crippen molar-refractivity contribution in [1.82, 2.24) is 10.2 Å². The summed E-state index contributed by atoms with van der Waals surface area (Å²) in [5.74, 6) is -0.301. The van der Waals surface area contributed by atoms with Crippen LogP contribution in [0, 0.1) is 12.7 Å². The quantitative estimate of drug-likeness (QED) is 0.677. The molecule has 0 saturated heterocycles. The van der Waals surface area contributed by atoms with E-state index in [4.69, 9.17) is 10.9 Å². The topological polar surface area (TPSA) is 97.8 Å². The van der Waals surface area contributed by atoms with Crippen molar-refractivity contribution in [2.45, 2.75) is 11.8 Å². The zero-order valence-electron chi connectivity index (χ0n) is 11.2. The van der Waals surface area contributed by atoms with Crippen LogP contribution in [0.1, 0.15) is 5.56 Å². The van der Waals surface area contributed by atoms with Gasteiger partial charge in [0.1, 0.15) is 16.8 Å². The van der Waals surface area contributed by atoms with Crippen molar-refractivity contribution in [2.24, 2.45) is 5.14 Å². The number of halogens is 1. The van der Waals surface area contributed by atoms with Crippen molar-refractivity contribution in [3.63, 3.8) is 0 Å². The molecule has 0 fully saturated rings. The minimum atomic E-state index is -1.56. The van der Waals surface area contributed by atoms with Gasteiger partial charge in [-0.3, -0.25) is 5.10 Å². The van der Waals surface area contributed by atoms with E-state index in [2.05, 4.69) is 10.2 Å². The molecule has 0 aliphatic rings. The van der Waals surface area contributed by atoms with Crippen LogP contribution in [0.3, 0.4) is 0 Å². The van der Waals surface area contributed by atoms with Gasteiger partial charge in [0.25, 0.3) is 0 Å². The average molecular weight is 304 g/mol. The number of nitrogens with zero attached hydrogens (tertiary/aromatic N) is 1. The van der Waals surface area contributed by atoms with Crippen LogP contribution in [0.2, 0.25) is 0 Å². The molecule has 0 saturated carbocycles. The third-order valence-corrected chi connectivity index (χ3v) is 4.13. The van der Waals surface area contributed by atoms with Crippen molar-refractivity contribution in [2.75, 3.05) is 5.73 Å². The molecule has 0 radical (unpaired) electrons. The van der Waals surface area contributed by atoms with E-state index in [1.165, 1.54) is 0 Å². The molecule has 1 heterocycles. The summed E-state index contributed by atoms with van der Waals surface area (Å²) < 4.78 is 25.9. The minimum absolute atomic E-state index is 0.127. The number of nitrogens with two attached hydrogens (primary N) is 2. The third-order valence-electron chi connectivity index (χ3n) is 3.42. The van der Waals surface area contributed by atoms with Gasteiger partial charge in [0.15, 0.2) is 5.82 Å². The number of nitrogens with one attached hydrogen (secondary N) is 1. The number of aryl methyl sites for hydroxylation is 1. The maximum atomic E-state index is 14.7. The molecule has 1 atom stereocenters. The molecule has 1 unspecified atom stereocenters. The van der Waals surface area contributed by atoms with Crippen LogP contribution in [0.25, 0.3) is 22.0 Å². The van der Waals surface area contributed by atoms with E-state index in [1.54, 1.807) is 30.3 Å². The van der Waals surface area contributed by atoms with Crippen molar-refractivity contribution in [3.05, 3.63) is 41.7 Å². The predicted molar refractivity (Wildman–Crippen MR) is 81.2 cm³/mol. The van der Waals surface area contributed by atoms with Gasteiger partial charge in [-0.05, 0) is 42.3 Å². The monoisotopic (exact) mass is 304 g/mol. The Kier molecular flexibility index (Phi) is 3.23. The Bertz CT molecular complexity index is 875. The van der Waals surface area contributed by atoms with Gasteiger partial charge in [-0.1, -0.05) is 6.07 Å². The summed E-state index contributed by atoms with van der Waals surface area (Å²) in [5, 5.41) is 12.1. The maximum absolute atomic E-state index is 14.7. The molecule has 0 spiro atoms. The second-order valence-corrected chi connectivity index (χ2v) is 5.80. The lowest BCUT2D eigenvalue weighted by Gasteiger charge is -2.09. The first-order valence-corrected chi connectivity index (χ1v) is 7.39. The number of aromatic amines is 1. The van der Waals surface area contributed by atoms with Crippen LogP contribution < -0.4 is 10.9 Å². The van der Waals surface area contributed by atoms with Crippen molar-refractivity contribution in [3.8, 4) is 11.1 Å². The standard InChI is InChI=1S/C14H13FN4OS/c1-7-6-8(21(17)20)2-3-9(7)10-4-5-11-12(13(10)15)14(16)19-18-11/h2-6H,17H2,1H3,(H3,16,18,19). The summed E-state index contributed by atoms with van der Waals surface area (Å²) >= 11 is 0. The fourth-order valence-corrected chi connectivity index (χ4v) is 2.86. The lowest BCUT2D eigenvalue weighted by atomic mass is 9.98.